The molecule has 0 radical (unpaired) electrons. The fraction of sp³-hybridized carbons (Fsp3) is 0.500. The normalized spacial score (nSPS) is 13.4. The van der Waals surface area contributed by atoms with E-state index in [4.69, 9.17) is 16.3 Å². The van der Waals surface area contributed by atoms with Crippen LogP contribution in [0.15, 0.2) is 29.3 Å². The summed E-state index contributed by atoms with van der Waals surface area (Å²) in [7, 11) is -0.878. The summed E-state index contributed by atoms with van der Waals surface area (Å²) in [6.45, 7) is 8.67. The second-order valence-electron chi connectivity index (χ2n) is 5.59. The van der Waals surface area contributed by atoms with Gasteiger partial charge < -0.3 is 4.74 Å². The number of fused-ring (bicyclic) bond motifs is 1. The van der Waals surface area contributed by atoms with E-state index >= 15 is 0 Å². The van der Waals surface area contributed by atoms with E-state index in [0.29, 0.717) is 6.07 Å². The SMILES string of the molecule is C[Si](C)(C)CCOCCl.IC1=NCc2ccccc21. The maximum atomic E-state index is 5.32. The van der Waals surface area contributed by atoms with Gasteiger partial charge in [-0.1, -0.05) is 55.5 Å². The number of nitrogens with zero attached hydrogens (tertiary/aromatic N) is 1. The molecule has 0 saturated carbocycles. The van der Waals surface area contributed by atoms with Crippen LogP contribution in [0, 0.1) is 0 Å². The number of hydrogen-bond donors (Lipinski definition) is 0. The van der Waals surface area contributed by atoms with Crippen LogP contribution >= 0.6 is 34.2 Å². The summed E-state index contributed by atoms with van der Waals surface area (Å²) in [6.07, 6.45) is 0. The molecule has 1 aromatic rings. The molecule has 0 bridgehead atoms. The average Bonchev–Trinajstić information content (AvgIpc) is 2.72. The molecule has 106 valence electrons. The first kappa shape index (κ1) is 17.1. The van der Waals surface area contributed by atoms with Crippen molar-refractivity contribution in [1.29, 1.82) is 0 Å². The van der Waals surface area contributed by atoms with E-state index in [1.807, 2.05) is 0 Å². The summed E-state index contributed by atoms with van der Waals surface area (Å²) < 4.78 is 6.16. The number of hydrogen-bond acceptors (Lipinski definition) is 2. The monoisotopic (exact) mass is 409 g/mol. The molecule has 19 heavy (non-hydrogen) atoms. The van der Waals surface area contributed by atoms with Crippen LogP contribution in [0.3, 0.4) is 0 Å². The van der Waals surface area contributed by atoms with Gasteiger partial charge in [0.25, 0.3) is 0 Å². The van der Waals surface area contributed by atoms with Crippen molar-refractivity contribution in [2.24, 2.45) is 4.99 Å². The van der Waals surface area contributed by atoms with E-state index in [0.717, 1.165) is 16.9 Å². The molecule has 0 amide bonds. The van der Waals surface area contributed by atoms with Gasteiger partial charge in [0.05, 0.1) is 6.54 Å². The summed E-state index contributed by atoms with van der Waals surface area (Å²) in [5.74, 6) is 0. The third kappa shape index (κ3) is 6.88. The van der Waals surface area contributed by atoms with Crippen LogP contribution in [0.1, 0.15) is 11.1 Å². The van der Waals surface area contributed by atoms with Gasteiger partial charge in [-0.05, 0) is 34.2 Å². The van der Waals surface area contributed by atoms with Crippen molar-refractivity contribution < 1.29 is 4.74 Å². The van der Waals surface area contributed by atoms with Crippen molar-refractivity contribution >= 4 is 46.0 Å². The molecule has 2 rings (SSSR count). The molecule has 0 fully saturated rings. The second kappa shape index (κ2) is 8.39. The van der Waals surface area contributed by atoms with Gasteiger partial charge >= 0.3 is 0 Å². The van der Waals surface area contributed by atoms with Gasteiger partial charge in [0, 0.05) is 20.2 Å². The summed E-state index contributed by atoms with van der Waals surface area (Å²) in [6, 6.07) is 9.91. The van der Waals surface area contributed by atoms with Crippen LogP contribution in [-0.2, 0) is 11.3 Å². The summed E-state index contributed by atoms with van der Waals surface area (Å²) in [5, 5.41) is 0. The van der Waals surface area contributed by atoms with Gasteiger partial charge in [0.2, 0.25) is 0 Å². The van der Waals surface area contributed by atoms with E-state index in [1.54, 1.807) is 0 Å². The number of aliphatic imine (C=N–C) groups is 1. The molecule has 5 heteroatoms. The summed E-state index contributed by atoms with van der Waals surface area (Å²) >= 11 is 7.60. The predicted molar refractivity (Wildman–Crippen MR) is 95.5 cm³/mol. The number of ether oxygens (including phenoxy) is 1. The number of alkyl halides is 1. The van der Waals surface area contributed by atoms with Gasteiger partial charge in [-0.25, -0.2) is 0 Å². The Hall–Kier alpha value is 0.0869. The Morgan fingerprint density at radius 3 is 2.58 bits per heavy atom. The predicted octanol–water partition coefficient (Wildman–Crippen LogP) is 4.92. The van der Waals surface area contributed by atoms with Crippen LogP contribution in [0.4, 0.5) is 0 Å². The van der Waals surface area contributed by atoms with Crippen molar-refractivity contribution in [1.82, 2.24) is 0 Å². The Labute approximate surface area is 135 Å². The van der Waals surface area contributed by atoms with Crippen molar-refractivity contribution in [2.75, 3.05) is 12.7 Å². The lowest BCUT2D eigenvalue weighted by Crippen LogP contribution is -2.21. The Morgan fingerprint density at radius 2 is 2.00 bits per heavy atom. The van der Waals surface area contributed by atoms with E-state index in [9.17, 15) is 0 Å². The fourth-order valence-corrected chi connectivity index (χ4v) is 3.09. The Morgan fingerprint density at radius 1 is 1.32 bits per heavy atom. The molecule has 0 saturated heterocycles. The summed E-state index contributed by atoms with van der Waals surface area (Å²) in [5.41, 5.74) is 2.66. The van der Waals surface area contributed by atoms with E-state index in [2.05, 4.69) is 71.5 Å². The highest BCUT2D eigenvalue weighted by Gasteiger charge is 2.11. The number of halogens is 2. The topological polar surface area (TPSA) is 21.6 Å². The van der Waals surface area contributed by atoms with E-state index < -0.39 is 8.07 Å². The smallest absolute Gasteiger partial charge is 0.120 e. The zero-order valence-electron chi connectivity index (χ0n) is 11.7. The molecule has 0 aromatic heterocycles. The Bertz CT molecular complexity index is 432. The molecule has 0 spiro atoms. The number of benzene rings is 1. The standard InChI is InChI=1S/C8H6IN.C6H15ClOSi/c9-8-7-4-2-1-3-6(7)5-10-8;1-9(2,3)5-4-8-6-7/h1-4H,5H2;4-6H2,1-3H3. The zero-order chi connectivity index (χ0) is 14.3. The third-order valence-electron chi connectivity index (χ3n) is 2.70. The lowest BCUT2D eigenvalue weighted by Gasteiger charge is -2.14. The molecule has 0 atom stereocenters. The van der Waals surface area contributed by atoms with Gasteiger partial charge in [-0.15, -0.1) is 0 Å². The molecule has 0 unspecified atom stereocenters. The van der Waals surface area contributed by atoms with Gasteiger partial charge in [-0.2, -0.15) is 0 Å². The quantitative estimate of drug-likeness (QED) is 0.299. The first-order valence-corrected chi connectivity index (χ1v) is 11.7. The second-order valence-corrected chi connectivity index (χ2v) is 12.5. The Balaban J connectivity index is 0.000000192. The minimum absolute atomic E-state index is 0.338. The lowest BCUT2D eigenvalue weighted by atomic mass is 10.1. The lowest BCUT2D eigenvalue weighted by molar-refractivity contribution is 0.194. The molecule has 2 nitrogen and oxygen atoms in total. The average molecular weight is 410 g/mol. The largest absolute Gasteiger partial charge is 0.366 e. The van der Waals surface area contributed by atoms with Gasteiger partial charge in [0.1, 0.15) is 9.78 Å². The molecular formula is C14H21ClINOSi. The van der Waals surface area contributed by atoms with Crippen molar-refractivity contribution in [3.63, 3.8) is 0 Å². The van der Waals surface area contributed by atoms with Crippen LogP contribution < -0.4 is 0 Å². The number of rotatable bonds is 4. The summed E-state index contributed by atoms with van der Waals surface area (Å²) in [4.78, 5) is 4.31. The van der Waals surface area contributed by atoms with Crippen molar-refractivity contribution in [3.05, 3.63) is 35.4 Å². The highest BCUT2D eigenvalue weighted by Crippen LogP contribution is 2.21. The highest BCUT2D eigenvalue weighted by atomic mass is 127. The maximum Gasteiger partial charge on any atom is 0.120 e. The van der Waals surface area contributed by atoms with E-state index in [-0.39, 0.29) is 0 Å². The molecule has 1 aliphatic heterocycles. The molecule has 0 N–H and O–H groups in total. The molecule has 1 aromatic carbocycles. The molecule has 1 heterocycles. The van der Waals surface area contributed by atoms with Crippen LogP contribution in [0.2, 0.25) is 25.7 Å². The molecular weight excluding hydrogens is 389 g/mol. The maximum absolute atomic E-state index is 5.32. The molecule has 0 aliphatic carbocycles. The van der Waals surface area contributed by atoms with Gasteiger partial charge in [0.15, 0.2) is 0 Å². The van der Waals surface area contributed by atoms with Crippen molar-refractivity contribution in [3.8, 4) is 0 Å². The van der Waals surface area contributed by atoms with Gasteiger partial charge in [-0.3, -0.25) is 4.99 Å². The first-order valence-electron chi connectivity index (χ1n) is 6.36. The first-order chi connectivity index (χ1) is 8.94. The van der Waals surface area contributed by atoms with Crippen molar-refractivity contribution in [2.45, 2.75) is 32.2 Å². The minimum atomic E-state index is -0.878. The van der Waals surface area contributed by atoms with Crippen LogP contribution in [0.25, 0.3) is 0 Å². The molecule has 1 aliphatic rings. The van der Waals surface area contributed by atoms with Crippen LogP contribution in [0.5, 0.6) is 0 Å². The van der Waals surface area contributed by atoms with Crippen LogP contribution in [-0.4, -0.2) is 24.5 Å². The minimum Gasteiger partial charge on any atom is -0.366 e. The zero-order valence-corrected chi connectivity index (χ0v) is 15.7. The fourth-order valence-electron chi connectivity index (χ4n) is 1.53. The Kier molecular flexibility index (Phi) is 7.57. The third-order valence-corrected chi connectivity index (χ3v) is 5.48. The van der Waals surface area contributed by atoms with E-state index in [1.165, 1.54) is 17.2 Å². The highest BCUT2D eigenvalue weighted by molar-refractivity contribution is 14.1.